The van der Waals surface area contributed by atoms with Gasteiger partial charge < -0.3 is 10.1 Å². The Morgan fingerprint density at radius 3 is 2.68 bits per heavy atom. The maximum atomic E-state index is 10.9. The predicted octanol–water partition coefficient (Wildman–Crippen LogP) is 1.29. The first-order valence-corrected chi connectivity index (χ1v) is 8.13. The summed E-state index contributed by atoms with van der Waals surface area (Å²) < 4.78 is 29.4. The second-order valence-corrected chi connectivity index (χ2v) is 6.31. The lowest BCUT2D eigenvalue weighted by Gasteiger charge is -2.15. The lowest BCUT2D eigenvalue weighted by atomic mass is 10.1. The molecule has 0 fully saturated rings. The van der Waals surface area contributed by atoms with Gasteiger partial charge in [0.25, 0.3) is 0 Å². The quantitative estimate of drug-likeness (QED) is 0.707. The maximum Gasteiger partial charge on any atom is 0.208 e. The Morgan fingerprint density at radius 1 is 1.32 bits per heavy atom. The van der Waals surface area contributed by atoms with E-state index < -0.39 is 10.0 Å². The molecule has 5 nitrogen and oxygen atoms in total. The van der Waals surface area contributed by atoms with Crippen LogP contribution in [0.1, 0.15) is 24.9 Å². The standard InChI is InChI=1S/C13H22N2O3S/c1-11(12-6-4-7-13(10-12)18-2)14-8-5-9-15-19(3,16)17/h4,6-7,10-11,14-15H,5,8-9H2,1-3H3. The highest BCUT2D eigenvalue weighted by Gasteiger charge is 2.05. The number of rotatable bonds is 8. The molecule has 2 N–H and O–H groups in total. The number of ether oxygens (including phenoxy) is 1. The average Bonchev–Trinajstić information content (AvgIpc) is 2.37. The highest BCUT2D eigenvalue weighted by atomic mass is 32.2. The Morgan fingerprint density at radius 2 is 2.05 bits per heavy atom. The molecule has 0 heterocycles. The first-order valence-electron chi connectivity index (χ1n) is 6.24. The van der Waals surface area contributed by atoms with Crippen LogP contribution in [0, 0.1) is 0 Å². The fourth-order valence-corrected chi connectivity index (χ4v) is 2.21. The summed E-state index contributed by atoms with van der Waals surface area (Å²) in [7, 11) is -1.43. The van der Waals surface area contributed by atoms with Crippen LogP contribution in [0.3, 0.4) is 0 Å². The van der Waals surface area contributed by atoms with Gasteiger partial charge in [-0.15, -0.1) is 0 Å². The fraction of sp³-hybridized carbons (Fsp3) is 0.538. The van der Waals surface area contributed by atoms with Crippen LogP contribution >= 0.6 is 0 Å². The lowest BCUT2D eigenvalue weighted by Crippen LogP contribution is -2.27. The Kier molecular flexibility index (Phi) is 6.27. The minimum Gasteiger partial charge on any atom is -0.497 e. The summed E-state index contributed by atoms with van der Waals surface area (Å²) in [5.41, 5.74) is 1.15. The summed E-state index contributed by atoms with van der Waals surface area (Å²) in [5.74, 6) is 0.838. The Bertz CT molecular complexity index is 488. The normalized spacial score (nSPS) is 13.2. The molecule has 1 rings (SSSR count). The molecule has 0 aliphatic heterocycles. The zero-order valence-corrected chi connectivity index (χ0v) is 12.5. The molecule has 0 bridgehead atoms. The highest BCUT2D eigenvalue weighted by molar-refractivity contribution is 7.88. The molecule has 0 saturated carbocycles. The predicted molar refractivity (Wildman–Crippen MR) is 76.9 cm³/mol. The summed E-state index contributed by atoms with van der Waals surface area (Å²) in [4.78, 5) is 0. The van der Waals surface area contributed by atoms with Gasteiger partial charge in [-0.2, -0.15) is 0 Å². The van der Waals surface area contributed by atoms with Crippen molar-refractivity contribution in [2.45, 2.75) is 19.4 Å². The average molecular weight is 286 g/mol. The number of hydrogen-bond acceptors (Lipinski definition) is 4. The molecule has 108 valence electrons. The molecular formula is C13H22N2O3S. The smallest absolute Gasteiger partial charge is 0.208 e. The van der Waals surface area contributed by atoms with Crippen molar-refractivity contribution in [2.75, 3.05) is 26.5 Å². The number of methoxy groups -OCH3 is 1. The van der Waals surface area contributed by atoms with Crippen LogP contribution in [0.4, 0.5) is 0 Å². The summed E-state index contributed by atoms with van der Waals surface area (Å²) >= 11 is 0. The van der Waals surface area contributed by atoms with E-state index in [-0.39, 0.29) is 6.04 Å². The second-order valence-electron chi connectivity index (χ2n) is 4.47. The van der Waals surface area contributed by atoms with Crippen LogP contribution in [0.25, 0.3) is 0 Å². The molecule has 1 atom stereocenters. The molecule has 1 unspecified atom stereocenters. The molecule has 0 saturated heterocycles. The molecule has 0 radical (unpaired) electrons. The zero-order valence-electron chi connectivity index (χ0n) is 11.6. The van der Waals surface area contributed by atoms with Crippen molar-refractivity contribution in [3.63, 3.8) is 0 Å². The van der Waals surface area contributed by atoms with Gasteiger partial charge in [-0.25, -0.2) is 13.1 Å². The van der Waals surface area contributed by atoms with Gasteiger partial charge in [0, 0.05) is 12.6 Å². The minimum absolute atomic E-state index is 0.202. The third kappa shape index (κ3) is 6.56. The molecule has 0 aliphatic carbocycles. The SMILES string of the molecule is COc1cccc(C(C)NCCCNS(C)(=O)=O)c1. The van der Waals surface area contributed by atoms with Crippen molar-refractivity contribution < 1.29 is 13.2 Å². The summed E-state index contributed by atoms with van der Waals surface area (Å²) in [6.07, 6.45) is 1.92. The largest absolute Gasteiger partial charge is 0.497 e. The third-order valence-electron chi connectivity index (χ3n) is 2.76. The summed E-state index contributed by atoms with van der Waals surface area (Å²) in [5, 5.41) is 3.35. The Labute approximate surface area is 115 Å². The van der Waals surface area contributed by atoms with Gasteiger partial charge in [0.15, 0.2) is 0 Å². The first kappa shape index (κ1) is 15.9. The van der Waals surface area contributed by atoms with E-state index in [1.54, 1.807) is 7.11 Å². The van der Waals surface area contributed by atoms with Crippen LogP contribution in [-0.4, -0.2) is 34.9 Å². The summed E-state index contributed by atoms with van der Waals surface area (Å²) in [6, 6.07) is 8.10. The van der Waals surface area contributed by atoms with E-state index in [9.17, 15) is 8.42 Å². The third-order valence-corrected chi connectivity index (χ3v) is 3.49. The van der Waals surface area contributed by atoms with Crippen molar-refractivity contribution in [1.82, 2.24) is 10.0 Å². The van der Waals surface area contributed by atoms with Crippen molar-refractivity contribution >= 4 is 10.0 Å². The Hall–Kier alpha value is -1.11. The van der Waals surface area contributed by atoms with Crippen LogP contribution in [0.5, 0.6) is 5.75 Å². The van der Waals surface area contributed by atoms with E-state index in [0.29, 0.717) is 6.54 Å². The van der Waals surface area contributed by atoms with E-state index in [2.05, 4.69) is 17.0 Å². The van der Waals surface area contributed by atoms with Crippen molar-refractivity contribution in [2.24, 2.45) is 0 Å². The highest BCUT2D eigenvalue weighted by Crippen LogP contribution is 2.18. The van der Waals surface area contributed by atoms with Crippen LogP contribution < -0.4 is 14.8 Å². The van der Waals surface area contributed by atoms with Gasteiger partial charge in [0.1, 0.15) is 5.75 Å². The van der Waals surface area contributed by atoms with E-state index in [1.165, 1.54) is 6.26 Å². The lowest BCUT2D eigenvalue weighted by molar-refractivity contribution is 0.413. The van der Waals surface area contributed by atoms with Crippen LogP contribution in [-0.2, 0) is 10.0 Å². The summed E-state index contributed by atoms with van der Waals surface area (Å²) in [6.45, 7) is 3.27. The zero-order chi connectivity index (χ0) is 14.3. The van der Waals surface area contributed by atoms with E-state index in [1.807, 2.05) is 24.3 Å². The molecular weight excluding hydrogens is 264 g/mol. The minimum atomic E-state index is -3.08. The molecule has 1 aromatic rings. The van der Waals surface area contributed by atoms with Gasteiger partial charge >= 0.3 is 0 Å². The number of sulfonamides is 1. The Balaban J connectivity index is 2.32. The molecule has 0 spiro atoms. The molecule has 6 heteroatoms. The van der Waals surface area contributed by atoms with Crippen molar-refractivity contribution in [3.8, 4) is 5.75 Å². The monoisotopic (exact) mass is 286 g/mol. The molecule has 19 heavy (non-hydrogen) atoms. The van der Waals surface area contributed by atoms with E-state index in [4.69, 9.17) is 4.74 Å². The second kappa shape index (κ2) is 7.47. The van der Waals surface area contributed by atoms with Crippen molar-refractivity contribution in [1.29, 1.82) is 0 Å². The van der Waals surface area contributed by atoms with Crippen LogP contribution in [0.2, 0.25) is 0 Å². The van der Waals surface area contributed by atoms with E-state index in [0.717, 1.165) is 24.3 Å². The number of nitrogens with one attached hydrogen (secondary N) is 2. The number of benzene rings is 1. The van der Waals surface area contributed by atoms with Crippen LogP contribution in [0.15, 0.2) is 24.3 Å². The van der Waals surface area contributed by atoms with Gasteiger partial charge in [-0.05, 0) is 37.6 Å². The van der Waals surface area contributed by atoms with Gasteiger partial charge in [0.2, 0.25) is 10.0 Å². The van der Waals surface area contributed by atoms with E-state index >= 15 is 0 Å². The number of hydrogen-bond donors (Lipinski definition) is 2. The fourth-order valence-electron chi connectivity index (χ4n) is 1.69. The molecule has 1 aromatic carbocycles. The molecule has 0 aliphatic rings. The molecule has 0 aromatic heterocycles. The maximum absolute atomic E-state index is 10.9. The topological polar surface area (TPSA) is 67.4 Å². The van der Waals surface area contributed by atoms with Gasteiger partial charge in [-0.1, -0.05) is 12.1 Å². The van der Waals surface area contributed by atoms with Gasteiger partial charge in [-0.3, -0.25) is 0 Å². The molecule has 0 amide bonds. The van der Waals surface area contributed by atoms with Gasteiger partial charge in [0.05, 0.1) is 13.4 Å². The first-order chi connectivity index (χ1) is 8.92. The van der Waals surface area contributed by atoms with Crippen molar-refractivity contribution in [3.05, 3.63) is 29.8 Å².